The maximum absolute atomic E-state index is 12.5. The van der Waals surface area contributed by atoms with E-state index in [9.17, 15) is 8.42 Å². The highest BCUT2D eigenvalue weighted by Crippen LogP contribution is 2.55. The SMILES string of the molecule is Cc1ccc(S(=O)(=O)NN=C2CCC3(CC2)c2ccccc2-c2ccccc23)cc1. The van der Waals surface area contributed by atoms with Gasteiger partial charge in [-0.25, -0.2) is 4.83 Å². The zero-order chi connectivity index (χ0) is 20.8. The summed E-state index contributed by atoms with van der Waals surface area (Å²) in [5.74, 6) is 0. The summed E-state index contributed by atoms with van der Waals surface area (Å²) >= 11 is 0. The lowest BCUT2D eigenvalue weighted by Gasteiger charge is -2.36. The Morgan fingerprint density at radius 1 is 0.800 bits per heavy atom. The second-order valence-corrected chi connectivity index (χ2v) is 9.92. The molecule has 0 amide bonds. The van der Waals surface area contributed by atoms with Crippen molar-refractivity contribution >= 4 is 15.7 Å². The molecule has 0 bridgehead atoms. The lowest BCUT2D eigenvalue weighted by atomic mass is 9.67. The van der Waals surface area contributed by atoms with Crippen molar-refractivity contribution < 1.29 is 8.42 Å². The molecule has 0 atom stereocenters. The van der Waals surface area contributed by atoms with Gasteiger partial charge in [-0.05, 0) is 67.0 Å². The second-order valence-electron chi connectivity index (χ2n) is 8.26. The molecule has 0 radical (unpaired) electrons. The Morgan fingerprint density at radius 3 is 1.90 bits per heavy atom. The first-order chi connectivity index (χ1) is 14.5. The van der Waals surface area contributed by atoms with Crippen LogP contribution >= 0.6 is 0 Å². The number of sulfonamides is 1. The molecule has 3 aromatic carbocycles. The molecule has 2 aliphatic rings. The molecule has 1 fully saturated rings. The Labute approximate surface area is 177 Å². The minimum absolute atomic E-state index is 0.00202. The fraction of sp³-hybridized carbons (Fsp3) is 0.240. The molecule has 1 spiro atoms. The molecular formula is C25H24N2O2S. The van der Waals surface area contributed by atoms with Crippen LogP contribution in [0, 0.1) is 6.92 Å². The molecule has 0 aliphatic heterocycles. The molecule has 30 heavy (non-hydrogen) atoms. The van der Waals surface area contributed by atoms with Crippen LogP contribution in [0.15, 0.2) is 82.8 Å². The summed E-state index contributed by atoms with van der Waals surface area (Å²) in [4.78, 5) is 2.68. The zero-order valence-electron chi connectivity index (χ0n) is 16.9. The molecule has 1 N–H and O–H groups in total. The van der Waals surface area contributed by atoms with Crippen LogP contribution < -0.4 is 4.83 Å². The zero-order valence-corrected chi connectivity index (χ0v) is 17.7. The standard InChI is InChI=1S/C25H24N2O2S/c1-18-10-12-20(13-11-18)30(28,29)27-26-19-14-16-25(17-15-19)23-8-4-2-6-21(23)22-7-3-5-9-24(22)25/h2-13,27H,14-17H2,1H3. The van der Waals surface area contributed by atoms with Crippen LogP contribution in [0.3, 0.4) is 0 Å². The number of hydrogen-bond acceptors (Lipinski definition) is 3. The smallest absolute Gasteiger partial charge is 0.200 e. The maximum atomic E-state index is 12.5. The lowest BCUT2D eigenvalue weighted by molar-refractivity contribution is 0.436. The minimum Gasteiger partial charge on any atom is -0.200 e. The third kappa shape index (κ3) is 3.05. The third-order valence-corrected chi connectivity index (χ3v) is 7.74. The molecule has 0 unspecified atom stereocenters. The van der Waals surface area contributed by atoms with Gasteiger partial charge < -0.3 is 0 Å². The van der Waals surface area contributed by atoms with Crippen molar-refractivity contribution in [3.63, 3.8) is 0 Å². The van der Waals surface area contributed by atoms with Crippen LogP contribution in [-0.4, -0.2) is 14.1 Å². The molecule has 0 saturated heterocycles. The van der Waals surface area contributed by atoms with Crippen molar-refractivity contribution in [2.75, 3.05) is 0 Å². The van der Waals surface area contributed by atoms with Crippen LogP contribution in [0.2, 0.25) is 0 Å². The van der Waals surface area contributed by atoms with Crippen LogP contribution in [0.5, 0.6) is 0 Å². The maximum Gasteiger partial charge on any atom is 0.276 e. The number of nitrogens with one attached hydrogen (secondary N) is 1. The average Bonchev–Trinajstić information content (AvgIpc) is 3.04. The fourth-order valence-electron chi connectivity index (χ4n) is 4.93. The highest BCUT2D eigenvalue weighted by molar-refractivity contribution is 7.89. The highest BCUT2D eigenvalue weighted by atomic mass is 32.2. The molecule has 1 saturated carbocycles. The van der Waals surface area contributed by atoms with Gasteiger partial charge in [-0.1, -0.05) is 66.2 Å². The normalized spacial score (nSPS) is 16.8. The van der Waals surface area contributed by atoms with Crippen molar-refractivity contribution in [3.8, 4) is 11.1 Å². The minimum atomic E-state index is -3.64. The van der Waals surface area contributed by atoms with Crippen LogP contribution in [0.25, 0.3) is 11.1 Å². The van der Waals surface area contributed by atoms with Gasteiger partial charge in [-0.15, -0.1) is 0 Å². The Bertz CT molecular complexity index is 1190. The van der Waals surface area contributed by atoms with Gasteiger partial charge in [0.15, 0.2) is 0 Å². The summed E-state index contributed by atoms with van der Waals surface area (Å²) in [6.45, 7) is 1.93. The van der Waals surface area contributed by atoms with Crippen molar-refractivity contribution in [2.45, 2.75) is 42.9 Å². The van der Waals surface area contributed by atoms with E-state index < -0.39 is 10.0 Å². The van der Waals surface area contributed by atoms with Crippen molar-refractivity contribution in [1.29, 1.82) is 0 Å². The van der Waals surface area contributed by atoms with E-state index in [-0.39, 0.29) is 10.3 Å². The van der Waals surface area contributed by atoms with E-state index in [2.05, 4.69) is 58.5 Å². The van der Waals surface area contributed by atoms with Crippen molar-refractivity contribution in [2.24, 2.45) is 5.10 Å². The quantitative estimate of drug-likeness (QED) is 0.599. The largest absolute Gasteiger partial charge is 0.276 e. The number of fused-ring (bicyclic) bond motifs is 5. The number of benzene rings is 3. The summed E-state index contributed by atoms with van der Waals surface area (Å²) in [5, 5.41) is 4.30. The predicted molar refractivity (Wildman–Crippen MR) is 120 cm³/mol. The number of nitrogens with zero attached hydrogens (tertiary/aromatic N) is 1. The van der Waals surface area contributed by atoms with Gasteiger partial charge in [0, 0.05) is 11.1 Å². The van der Waals surface area contributed by atoms with E-state index in [0.717, 1.165) is 37.0 Å². The van der Waals surface area contributed by atoms with Crippen LogP contribution in [-0.2, 0) is 15.4 Å². The molecule has 152 valence electrons. The fourth-order valence-corrected chi connectivity index (χ4v) is 5.78. The summed E-state index contributed by atoms with van der Waals surface area (Å²) in [5.41, 5.74) is 7.38. The molecule has 3 aromatic rings. The average molecular weight is 417 g/mol. The Kier molecular flexibility index (Phi) is 4.51. The number of hydrogen-bond donors (Lipinski definition) is 1. The summed E-state index contributed by atoms with van der Waals surface area (Å²) < 4.78 is 25.1. The van der Waals surface area contributed by atoms with Crippen LogP contribution in [0.4, 0.5) is 0 Å². The molecule has 4 nitrogen and oxygen atoms in total. The first-order valence-corrected chi connectivity index (χ1v) is 11.8. The molecule has 5 rings (SSSR count). The number of hydrazone groups is 1. The molecule has 0 aromatic heterocycles. The number of aryl methyl sites for hydroxylation is 1. The monoisotopic (exact) mass is 416 g/mol. The van der Waals surface area contributed by atoms with Gasteiger partial charge in [0.05, 0.1) is 4.90 Å². The Balaban J connectivity index is 1.39. The first-order valence-electron chi connectivity index (χ1n) is 10.3. The van der Waals surface area contributed by atoms with E-state index >= 15 is 0 Å². The second kappa shape index (κ2) is 7.10. The van der Waals surface area contributed by atoms with Crippen molar-refractivity contribution in [3.05, 3.63) is 89.5 Å². The van der Waals surface area contributed by atoms with E-state index in [0.29, 0.717) is 0 Å². The van der Waals surface area contributed by atoms with E-state index in [4.69, 9.17) is 0 Å². The molecule has 2 aliphatic carbocycles. The summed E-state index contributed by atoms with van der Waals surface area (Å²) in [6.07, 6.45) is 3.43. The third-order valence-electron chi connectivity index (χ3n) is 6.51. The van der Waals surface area contributed by atoms with Crippen LogP contribution in [0.1, 0.15) is 42.4 Å². The van der Waals surface area contributed by atoms with Gasteiger partial charge in [0.2, 0.25) is 0 Å². The van der Waals surface area contributed by atoms with E-state index in [1.807, 2.05) is 6.92 Å². The van der Waals surface area contributed by atoms with Gasteiger partial charge in [-0.3, -0.25) is 0 Å². The molecular weight excluding hydrogens is 392 g/mol. The summed E-state index contributed by atoms with van der Waals surface area (Å²) in [6, 6.07) is 24.2. The molecule has 0 heterocycles. The van der Waals surface area contributed by atoms with Gasteiger partial charge in [-0.2, -0.15) is 13.5 Å². The van der Waals surface area contributed by atoms with E-state index in [1.165, 1.54) is 22.3 Å². The Hall–Kier alpha value is -2.92. The van der Waals surface area contributed by atoms with Gasteiger partial charge in [0.25, 0.3) is 10.0 Å². The first kappa shape index (κ1) is 19.1. The predicted octanol–water partition coefficient (Wildman–Crippen LogP) is 5.17. The topological polar surface area (TPSA) is 58.5 Å². The van der Waals surface area contributed by atoms with Crippen molar-refractivity contribution in [1.82, 2.24) is 4.83 Å². The van der Waals surface area contributed by atoms with E-state index in [1.54, 1.807) is 24.3 Å². The van der Waals surface area contributed by atoms with Gasteiger partial charge >= 0.3 is 0 Å². The highest BCUT2D eigenvalue weighted by Gasteiger charge is 2.44. The number of rotatable bonds is 3. The van der Waals surface area contributed by atoms with Gasteiger partial charge in [0.1, 0.15) is 0 Å². The lowest BCUT2D eigenvalue weighted by Crippen LogP contribution is -2.32. The molecule has 5 heteroatoms. The Morgan fingerprint density at radius 2 is 1.33 bits per heavy atom. The summed E-state index contributed by atoms with van der Waals surface area (Å²) in [7, 11) is -3.64.